The summed E-state index contributed by atoms with van der Waals surface area (Å²) in [7, 11) is 0. The molecule has 2 heterocycles. The molecule has 5 heteroatoms. The summed E-state index contributed by atoms with van der Waals surface area (Å²) in [5.41, 5.74) is 1.52. The van der Waals surface area contributed by atoms with Gasteiger partial charge in [-0.15, -0.1) is 0 Å². The van der Waals surface area contributed by atoms with Crippen molar-refractivity contribution in [1.29, 1.82) is 0 Å². The van der Waals surface area contributed by atoms with Crippen LogP contribution in [0.1, 0.15) is 12.8 Å². The van der Waals surface area contributed by atoms with E-state index in [4.69, 9.17) is 0 Å². The van der Waals surface area contributed by atoms with E-state index in [9.17, 15) is 9.59 Å². The highest BCUT2D eigenvalue weighted by Crippen LogP contribution is 2.30. The Labute approximate surface area is 112 Å². The van der Waals surface area contributed by atoms with Crippen molar-refractivity contribution >= 4 is 23.2 Å². The summed E-state index contributed by atoms with van der Waals surface area (Å²) in [6.45, 7) is 1.80. The van der Waals surface area contributed by atoms with Crippen molar-refractivity contribution in [2.45, 2.75) is 12.8 Å². The van der Waals surface area contributed by atoms with Crippen LogP contribution in [-0.2, 0) is 9.59 Å². The van der Waals surface area contributed by atoms with Gasteiger partial charge in [-0.25, -0.2) is 0 Å². The maximum absolute atomic E-state index is 12.6. The second-order valence-corrected chi connectivity index (χ2v) is 5.03. The first kappa shape index (κ1) is 12.2. The molecule has 0 bridgehead atoms. The summed E-state index contributed by atoms with van der Waals surface area (Å²) >= 11 is 0. The van der Waals surface area contributed by atoms with Crippen LogP contribution < -0.4 is 15.5 Å². The van der Waals surface area contributed by atoms with E-state index in [0.29, 0.717) is 6.54 Å². The van der Waals surface area contributed by atoms with Crippen LogP contribution >= 0.6 is 0 Å². The fourth-order valence-electron chi connectivity index (χ4n) is 2.71. The molecule has 1 fully saturated rings. The second-order valence-electron chi connectivity index (χ2n) is 5.03. The number of nitrogens with zero attached hydrogens (tertiary/aromatic N) is 1. The first-order valence-corrected chi connectivity index (χ1v) is 6.66. The number of benzene rings is 1. The third-order valence-corrected chi connectivity index (χ3v) is 3.68. The Morgan fingerprint density at radius 1 is 1.32 bits per heavy atom. The number of carbonyl (C=O) groups excluding carboxylic acids is 2. The van der Waals surface area contributed by atoms with Gasteiger partial charge in [0.25, 0.3) is 0 Å². The minimum atomic E-state index is -0.129. The molecule has 0 aromatic heterocycles. The van der Waals surface area contributed by atoms with Gasteiger partial charge in [0.15, 0.2) is 0 Å². The molecular weight excluding hydrogens is 242 g/mol. The standard InChI is InChI=1S/C14H17N3O2/c18-13-9-17(12-6-2-1-5-11(12)16-13)14(19)10-4-3-7-15-8-10/h1-2,5-6,10,15H,3-4,7-9H2,(H,16,18)/t10-/m0/s1. The normalized spacial score (nSPS) is 22.6. The Morgan fingerprint density at radius 2 is 2.16 bits per heavy atom. The maximum Gasteiger partial charge on any atom is 0.244 e. The summed E-state index contributed by atoms with van der Waals surface area (Å²) in [6, 6.07) is 7.44. The number of hydrogen-bond donors (Lipinski definition) is 2. The van der Waals surface area contributed by atoms with Crippen LogP contribution in [0.25, 0.3) is 0 Å². The van der Waals surface area contributed by atoms with Gasteiger partial charge in [0.1, 0.15) is 6.54 Å². The van der Waals surface area contributed by atoms with E-state index in [-0.39, 0.29) is 24.3 Å². The summed E-state index contributed by atoms with van der Waals surface area (Å²) in [5, 5.41) is 6.04. The van der Waals surface area contributed by atoms with Gasteiger partial charge in [-0.3, -0.25) is 9.59 Å². The van der Waals surface area contributed by atoms with Gasteiger partial charge >= 0.3 is 0 Å². The maximum atomic E-state index is 12.6. The van der Waals surface area contributed by atoms with E-state index in [2.05, 4.69) is 10.6 Å². The third kappa shape index (κ3) is 2.33. The summed E-state index contributed by atoms with van der Waals surface area (Å²) in [4.78, 5) is 25.9. The molecule has 2 aliphatic heterocycles. The average Bonchev–Trinajstić information content (AvgIpc) is 2.46. The minimum absolute atomic E-state index is 0.0206. The molecule has 0 radical (unpaired) electrons. The fraction of sp³-hybridized carbons (Fsp3) is 0.429. The van der Waals surface area contributed by atoms with Crippen molar-refractivity contribution in [2.75, 3.05) is 29.9 Å². The van der Waals surface area contributed by atoms with Gasteiger partial charge in [0, 0.05) is 6.54 Å². The number of anilines is 2. The number of para-hydroxylation sites is 2. The van der Waals surface area contributed by atoms with E-state index in [1.165, 1.54) is 0 Å². The largest absolute Gasteiger partial charge is 0.323 e. The molecule has 1 atom stereocenters. The van der Waals surface area contributed by atoms with Crippen LogP contribution in [0.4, 0.5) is 11.4 Å². The average molecular weight is 259 g/mol. The second kappa shape index (κ2) is 5.01. The molecule has 3 rings (SSSR count). The van der Waals surface area contributed by atoms with Crippen molar-refractivity contribution in [3.05, 3.63) is 24.3 Å². The highest BCUT2D eigenvalue weighted by Gasteiger charge is 2.31. The van der Waals surface area contributed by atoms with Crippen LogP contribution in [0, 0.1) is 5.92 Å². The lowest BCUT2D eigenvalue weighted by molar-refractivity contribution is -0.125. The quantitative estimate of drug-likeness (QED) is 0.790. The van der Waals surface area contributed by atoms with Crippen molar-refractivity contribution in [3.63, 3.8) is 0 Å². The molecular formula is C14H17N3O2. The van der Waals surface area contributed by atoms with E-state index >= 15 is 0 Å². The molecule has 2 N–H and O–H groups in total. The van der Waals surface area contributed by atoms with E-state index in [1.807, 2.05) is 24.3 Å². The van der Waals surface area contributed by atoms with Gasteiger partial charge in [-0.1, -0.05) is 12.1 Å². The summed E-state index contributed by atoms with van der Waals surface area (Å²) in [5.74, 6) is -0.0991. The monoisotopic (exact) mass is 259 g/mol. The minimum Gasteiger partial charge on any atom is -0.323 e. The Hall–Kier alpha value is -1.88. The number of rotatable bonds is 1. The molecule has 1 saturated heterocycles. The summed E-state index contributed by atoms with van der Waals surface area (Å²) in [6.07, 6.45) is 1.91. The molecule has 2 aliphatic rings. The molecule has 5 nitrogen and oxygen atoms in total. The molecule has 0 aliphatic carbocycles. The Balaban J connectivity index is 1.87. The van der Waals surface area contributed by atoms with E-state index in [0.717, 1.165) is 30.8 Å². The number of fused-ring (bicyclic) bond motifs is 1. The van der Waals surface area contributed by atoms with E-state index < -0.39 is 0 Å². The zero-order chi connectivity index (χ0) is 13.2. The lowest BCUT2D eigenvalue weighted by Gasteiger charge is -2.33. The van der Waals surface area contributed by atoms with Crippen molar-refractivity contribution in [2.24, 2.45) is 5.92 Å². The number of nitrogens with one attached hydrogen (secondary N) is 2. The van der Waals surface area contributed by atoms with Gasteiger partial charge in [0.05, 0.1) is 17.3 Å². The molecule has 0 unspecified atom stereocenters. The molecule has 0 spiro atoms. The van der Waals surface area contributed by atoms with Crippen LogP contribution in [0.5, 0.6) is 0 Å². The predicted octanol–water partition coefficient (Wildman–Crippen LogP) is 0.971. The highest BCUT2D eigenvalue weighted by atomic mass is 16.2. The molecule has 1 aromatic rings. The lowest BCUT2D eigenvalue weighted by atomic mass is 9.97. The van der Waals surface area contributed by atoms with Crippen molar-refractivity contribution in [3.8, 4) is 0 Å². The first-order chi connectivity index (χ1) is 9.25. The topological polar surface area (TPSA) is 61.4 Å². The smallest absolute Gasteiger partial charge is 0.244 e. The molecule has 0 saturated carbocycles. The van der Waals surface area contributed by atoms with Crippen LogP contribution in [0.15, 0.2) is 24.3 Å². The Kier molecular flexibility index (Phi) is 3.21. The fourth-order valence-corrected chi connectivity index (χ4v) is 2.71. The van der Waals surface area contributed by atoms with Crippen molar-refractivity contribution < 1.29 is 9.59 Å². The predicted molar refractivity (Wildman–Crippen MR) is 73.0 cm³/mol. The van der Waals surface area contributed by atoms with Crippen molar-refractivity contribution in [1.82, 2.24) is 5.32 Å². The SMILES string of the molecule is O=C1CN(C(=O)[C@H]2CCCNC2)c2ccccc2N1. The number of hydrogen-bond acceptors (Lipinski definition) is 3. The lowest BCUT2D eigenvalue weighted by Crippen LogP contribution is -2.48. The van der Waals surface area contributed by atoms with Crippen LogP contribution in [-0.4, -0.2) is 31.4 Å². The number of carbonyl (C=O) groups is 2. The van der Waals surface area contributed by atoms with Gasteiger partial charge < -0.3 is 15.5 Å². The zero-order valence-electron chi connectivity index (χ0n) is 10.7. The van der Waals surface area contributed by atoms with Crippen LogP contribution in [0.3, 0.4) is 0 Å². The first-order valence-electron chi connectivity index (χ1n) is 6.66. The van der Waals surface area contributed by atoms with E-state index in [1.54, 1.807) is 4.90 Å². The van der Waals surface area contributed by atoms with Gasteiger partial charge in [0.2, 0.25) is 11.8 Å². The molecule has 19 heavy (non-hydrogen) atoms. The molecule has 100 valence electrons. The highest BCUT2D eigenvalue weighted by molar-refractivity contribution is 6.10. The molecule has 2 amide bonds. The third-order valence-electron chi connectivity index (χ3n) is 3.68. The number of piperidine rings is 1. The summed E-state index contributed by atoms with van der Waals surface area (Å²) < 4.78 is 0. The van der Waals surface area contributed by atoms with Crippen LogP contribution in [0.2, 0.25) is 0 Å². The van der Waals surface area contributed by atoms with Gasteiger partial charge in [-0.05, 0) is 31.5 Å². The van der Waals surface area contributed by atoms with Gasteiger partial charge in [-0.2, -0.15) is 0 Å². The zero-order valence-corrected chi connectivity index (χ0v) is 10.7. The molecule has 1 aromatic carbocycles. The Morgan fingerprint density at radius 3 is 2.95 bits per heavy atom. The number of amides is 2. The Bertz CT molecular complexity index is 509.